The number of hydrogen-bond donors (Lipinski definition) is 1. The number of nitrogens with one attached hydrogen (secondary N) is 1. The Morgan fingerprint density at radius 2 is 1.97 bits per heavy atom. The van der Waals surface area contributed by atoms with Crippen molar-refractivity contribution in [2.75, 3.05) is 20.8 Å². The van der Waals surface area contributed by atoms with Crippen LogP contribution in [0.4, 0.5) is 0 Å². The molecule has 0 amide bonds. The highest BCUT2D eigenvalue weighted by atomic mass is 16.5. The number of fused-ring (bicyclic) bond motifs is 3. The summed E-state index contributed by atoms with van der Waals surface area (Å²) in [6, 6.07) is 13.4. The van der Waals surface area contributed by atoms with E-state index in [0.29, 0.717) is 42.4 Å². The maximum Gasteiger partial charge on any atom is 0.294 e. The molecule has 1 N–H and O–H groups in total. The topological polar surface area (TPSA) is 80.6 Å². The Bertz CT molecular complexity index is 1210. The minimum Gasteiger partial charge on any atom is -0.493 e. The van der Waals surface area contributed by atoms with E-state index >= 15 is 0 Å². The van der Waals surface area contributed by atoms with E-state index in [0.717, 1.165) is 16.7 Å². The second-order valence-electron chi connectivity index (χ2n) is 6.88. The lowest BCUT2D eigenvalue weighted by Gasteiger charge is -2.17. The minimum atomic E-state index is -0.266. The van der Waals surface area contributed by atoms with Crippen LogP contribution in [0.1, 0.15) is 18.3 Å². The van der Waals surface area contributed by atoms with Gasteiger partial charge in [-0.15, -0.1) is 0 Å². The highest BCUT2D eigenvalue weighted by molar-refractivity contribution is 6.01. The number of furan rings is 1. The molecular formula is C22H23N3O4. The number of methoxy groups -OCH3 is 1. The molecule has 0 saturated carbocycles. The van der Waals surface area contributed by atoms with Crippen LogP contribution < -0.4 is 15.0 Å². The number of H-pyrrole nitrogens is 1. The van der Waals surface area contributed by atoms with Gasteiger partial charge >= 0.3 is 0 Å². The van der Waals surface area contributed by atoms with Crippen molar-refractivity contribution in [2.24, 2.45) is 0 Å². The average molecular weight is 393 g/mol. The molecule has 2 aromatic carbocycles. The van der Waals surface area contributed by atoms with Crippen molar-refractivity contribution in [1.29, 1.82) is 0 Å². The van der Waals surface area contributed by atoms with Crippen LogP contribution in [0.3, 0.4) is 0 Å². The van der Waals surface area contributed by atoms with Gasteiger partial charge in [-0.3, -0.25) is 9.69 Å². The molecule has 2 aromatic heterocycles. The van der Waals surface area contributed by atoms with E-state index < -0.39 is 0 Å². The van der Waals surface area contributed by atoms with Crippen LogP contribution >= 0.6 is 0 Å². The predicted octanol–water partition coefficient (Wildman–Crippen LogP) is 3.71. The smallest absolute Gasteiger partial charge is 0.294 e. The first-order valence-corrected chi connectivity index (χ1v) is 9.47. The van der Waals surface area contributed by atoms with Crippen molar-refractivity contribution < 1.29 is 13.9 Å². The van der Waals surface area contributed by atoms with Gasteiger partial charge in [0.25, 0.3) is 5.56 Å². The molecule has 0 saturated heterocycles. The number of hydrogen-bond acceptors (Lipinski definition) is 6. The molecule has 0 atom stereocenters. The second-order valence-corrected chi connectivity index (χ2v) is 6.88. The highest BCUT2D eigenvalue weighted by Crippen LogP contribution is 2.28. The van der Waals surface area contributed by atoms with Gasteiger partial charge in [0.05, 0.1) is 20.3 Å². The third kappa shape index (κ3) is 3.82. The molecule has 2 heterocycles. The van der Waals surface area contributed by atoms with Gasteiger partial charge in [0, 0.05) is 11.9 Å². The summed E-state index contributed by atoms with van der Waals surface area (Å²) in [5.41, 5.74) is 2.32. The fourth-order valence-electron chi connectivity index (χ4n) is 3.43. The highest BCUT2D eigenvalue weighted by Gasteiger charge is 2.14. The van der Waals surface area contributed by atoms with Crippen LogP contribution in [0.5, 0.6) is 11.5 Å². The summed E-state index contributed by atoms with van der Waals surface area (Å²) < 4.78 is 16.6. The van der Waals surface area contributed by atoms with Gasteiger partial charge in [0.2, 0.25) is 5.58 Å². The Morgan fingerprint density at radius 1 is 1.14 bits per heavy atom. The molecule has 0 unspecified atom stereocenters. The summed E-state index contributed by atoms with van der Waals surface area (Å²) in [5.74, 6) is 2.02. The molecule has 0 aliphatic carbocycles. The van der Waals surface area contributed by atoms with E-state index in [9.17, 15) is 4.79 Å². The number of aromatic amines is 1. The standard InChI is InChI=1S/C22H23N3O4/c1-4-28-17-10-9-14(11-18(17)27-3)12-25(2)13-19-23-20-15-7-5-6-8-16(15)29-21(20)22(26)24-19/h5-11H,4,12-13H2,1-3H3,(H,23,24,26). The summed E-state index contributed by atoms with van der Waals surface area (Å²) in [7, 11) is 3.60. The molecule has 150 valence electrons. The lowest BCUT2D eigenvalue weighted by Crippen LogP contribution is -2.21. The third-order valence-electron chi connectivity index (χ3n) is 4.68. The van der Waals surface area contributed by atoms with Crippen LogP contribution in [0, 0.1) is 0 Å². The molecule has 0 aliphatic heterocycles. The van der Waals surface area contributed by atoms with Gasteiger partial charge in [0.15, 0.2) is 11.5 Å². The zero-order valence-corrected chi connectivity index (χ0v) is 16.7. The Kier molecular flexibility index (Phi) is 5.22. The molecule has 0 bridgehead atoms. The molecule has 0 radical (unpaired) electrons. The lowest BCUT2D eigenvalue weighted by atomic mass is 10.2. The lowest BCUT2D eigenvalue weighted by molar-refractivity contribution is 0.302. The first-order chi connectivity index (χ1) is 14.1. The largest absolute Gasteiger partial charge is 0.493 e. The van der Waals surface area contributed by atoms with Crippen molar-refractivity contribution in [2.45, 2.75) is 20.0 Å². The number of para-hydroxylation sites is 1. The Balaban J connectivity index is 1.57. The number of nitrogens with zero attached hydrogens (tertiary/aromatic N) is 2. The first-order valence-electron chi connectivity index (χ1n) is 9.47. The third-order valence-corrected chi connectivity index (χ3v) is 4.68. The van der Waals surface area contributed by atoms with Crippen LogP contribution in [0.2, 0.25) is 0 Å². The number of ether oxygens (including phenoxy) is 2. The van der Waals surface area contributed by atoms with E-state index in [4.69, 9.17) is 13.9 Å². The summed E-state index contributed by atoms with van der Waals surface area (Å²) in [6.07, 6.45) is 0. The number of benzene rings is 2. The minimum absolute atomic E-state index is 0.258. The van der Waals surface area contributed by atoms with Gasteiger partial charge in [0.1, 0.15) is 16.9 Å². The first kappa shape index (κ1) is 19.0. The quantitative estimate of drug-likeness (QED) is 0.516. The molecule has 7 nitrogen and oxygen atoms in total. The Morgan fingerprint density at radius 3 is 2.76 bits per heavy atom. The van der Waals surface area contributed by atoms with E-state index in [1.807, 2.05) is 56.4 Å². The van der Waals surface area contributed by atoms with Crippen molar-refractivity contribution in [1.82, 2.24) is 14.9 Å². The van der Waals surface area contributed by atoms with E-state index in [1.54, 1.807) is 7.11 Å². The van der Waals surface area contributed by atoms with Gasteiger partial charge < -0.3 is 18.9 Å². The van der Waals surface area contributed by atoms with Gasteiger partial charge in [-0.25, -0.2) is 4.98 Å². The molecule has 0 spiro atoms. The zero-order chi connectivity index (χ0) is 20.4. The predicted molar refractivity (Wildman–Crippen MR) is 111 cm³/mol. The van der Waals surface area contributed by atoms with Crippen molar-refractivity contribution >= 4 is 22.1 Å². The molecular weight excluding hydrogens is 370 g/mol. The summed E-state index contributed by atoms with van der Waals surface area (Å²) in [4.78, 5) is 22.0. The van der Waals surface area contributed by atoms with Crippen molar-refractivity contribution in [3.8, 4) is 11.5 Å². The number of aromatic nitrogens is 2. The maximum absolute atomic E-state index is 12.5. The monoisotopic (exact) mass is 393 g/mol. The second kappa shape index (κ2) is 7.97. The molecule has 4 rings (SSSR count). The molecule has 7 heteroatoms. The van der Waals surface area contributed by atoms with E-state index in [-0.39, 0.29) is 11.1 Å². The summed E-state index contributed by atoms with van der Waals surface area (Å²) in [5, 5.41) is 0.841. The summed E-state index contributed by atoms with van der Waals surface area (Å²) >= 11 is 0. The number of rotatable bonds is 7. The molecule has 0 aliphatic rings. The van der Waals surface area contributed by atoms with Crippen LogP contribution in [-0.4, -0.2) is 35.6 Å². The van der Waals surface area contributed by atoms with E-state index in [1.165, 1.54) is 0 Å². The molecule has 0 fully saturated rings. The average Bonchev–Trinajstić information content (AvgIpc) is 3.08. The fraction of sp³-hybridized carbons (Fsp3) is 0.273. The Hall–Kier alpha value is -3.32. The van der Waals surface area contributed by atoms with E-state index in [2.05, 4.69) is 14.9 Å². The zero-order valence-electron chi connectivity index (χ0n) is 16.7. The van der Waals surface area contributed by atoms with Gasteiger partial charge in [-0.2, -0.15) is 0 Å². The van der Waals surface area contributed by atoms with Crippen molar-refractivity contribution in [3.63, 3.8) is 0 Å². The molecule has 29 heavy (non-hydrogen) atoms. The maximum atomic E-state index is 12.5. The van der Waals surface area contributed by atoms with Crippen molar-refractivity contribution in [3.05, 3.63) is 64.2 Å². The summed E-state index contributed by atoms with van der Waals surface area (Å²) in [6.45, 7) is 3.67. The normalized spacial score (nSPS) is 11.4. The van der Waals surface area contributed by atoms with Crippen LogP contribution in [-0.2, 0) is 13.1 Å². The Labute approximate surface area is 167 Å². The molecule has 4 aromatic rings. The van der Waals surface area contributed by atoms with Gasteiger partial charge in [-0.1, -0.05) is 18.2 Å². The van der Waals surface area contributed by atoms with Crippen LogP contribution in [0.15, 0.2) is 51.7 Å². The fourth-order valence-corrected chi connectivity index (χ4v) is 3.43. The van der Waals surface area contributed by atoms with Gasteiger partial charge in [-0.05, 0) is 43.8 Å². The van der Waals surface area contributed by atoms with Crippen LogP contribution in [0.25, 0.3) is 22.1 Å². The SMILES string of the molecule is CCOc1ccc(CN(C)Cc2nc3c(oc4ccccc43)c(=O)[nH]2)cc1OC.